The molecule has 0 saturated carbocycles. The number of hydrogen-bond donors (Lipinski definition) is 1. The van der Waals surface area contributed by atoms with Crippen molar-refractivity contribution in [2.75, 3.05) is 18.6 Å². The molecule has 25 heavy (non-hydrogen) atoms. The van der Waals surface area contributed by atoms with Crippen molar-refractivity contribution in [3.63, 3.8) is 0 Å². The van der Waals surface area contributed by atoms with Crippen LogP contribution in [-0.4, -0.2) is 39.9 Å². The minimum atomic E-state index is -0.268. The topological polar surface area (TPSA) is 54.4 Å². The minimum absolute atomic E-state index is 0.0245. The number of fused-ring (bicyclic) bond motifs is 1. The van der Waals surface area contributed by atoms with E-state index in [1.165, 1.54) is 11.8 Å². The van der Waals surface area contributed by atoms with Crippen LogP contribution in [0.1, 0.15) is 35.2 Å². The van der Waals surface area contributed by atoms with E-state index in [9.17, 15) is 9.59 Å². The van der Waals surface area contributed by atoms with E-state index in [-0.39, 0.29) is 23.7 Å². The van der Waals surface area contributed by atoms with E-state index in [2.05, 4.69) is 6.26 Å². The van der Waals surface area contributed by atoms with Crippen LogP contribution in [-0.2, 0) is 11.2 Å². The first-order valence-corrected chi connectivity index (χ1v) is 11.7. The Balaban J connectivity index is 1.97. The Kier molecular flexibility index (Phi) is 6.60. The number of ketones is 2. The Morgan fingerprint density at radius 3 is 2.92 bits per heavy atom. The standard InChI is InChI=1S/C18H19ClO3S3/c1-23-15-9-11-13(25-15)6-5-10(17(11)19)18(22)16-12(21)3-2-4-14(16)24-8-7-20/h5-6,15,20H,2-4,7-9H2,1H3. The Labute approximate surface area is 165 Å². The number of aliphatic hydroxyl groups is 1. The lowest BCUT2D eigenvalue weighted by molar-refractivity contribution is -0.115. The summed E-state index contributed by atoms with van der Waals surface area (Å²) in [6.07, 6.45) is 4.77. The smallest absolute Gasteiger partial charge is 0.198 e. The number of thioether (sulfide) groups is 3. The molecule has 0 bridgehead atoms. The van der Waals surface area contributed by atoms with Crippen molar-refractivity contribution in [1.82, 2.24) is 0 Å². The number of hydrogen-bond acceptors (Lipinski definition) is 6. The number of rotatable bonds is 6. The molecule has 1 aromatic rings. The molecule has 1 atom stereocenters. The van der Waals surface area contributed by atoms with Crippen LogP contribution < -0.4 is 0 Å². The summed E-state index contributed by atoms with van der Waals surface area (Å²) in [4.78, 5) is 27.4. The third-order valence-electron chi connectivity index (χ3n) is 4.30. The highest BCUT2D eigenvalue weighted by atomic mass is 35.5. The fraction of sp³-hybridized carbons (Fsp3) is 0.444. The number of benzene rings is 1. The molecule has 0 fully saturated rings. The molecule has 1 aromatic carbocycles. The largest absolute Gasteiger partial charge is 0.396 e. The zero-order chi connectivity index (χ0) is 18.0. The highest BCUT2D eigenvalue weighted by Gasteiger charge is 2.31. The molecule has 0 spiro atoms. The van der Waals surface area contributed by atoms with Gasteiger partial charge in [-0.15, -0.1) is 23.5 Å². The minimum Gasteiger partial charge on any atom is -0.396 e. The molecular formula is C18H19ClO3S3. The van der Waals surface area contributed by atoms with E-state index >= 15 is 0 Å². The maximum absolute atomic E-state index is 13.1. The summed E-state index contributed by atoms with van der Waals surface area (Å²) in [6, 6.07) is 3.70. The van der Waals surface area contributed by atoms with E-state index in [1.54, 1.807) is 29.6 Å². The normalized spacial score (nSPS) is 20.1. The van der Waals surface area contributed by atoms with Gasteiger partial charge in [-0.25, -0.2) is 0 Å². The average Bonchev–Trinajstić information content (AvgIpc) is 3.04. The fourth-order valence-corrected chi connectivity index (χ4v) is 6.47. The summed E-state index contributed by atoms with van der Waals surface area (Å²) in [6.45, 7) is 0.0245. The molecule has 7 heteroatoms. The van der Waals surface area contributed by atoms with Crippen molar-refractivity contribution in [2.45, 2.75) is 35.2 Å². The predicted molar refractivity (Wildman–Crippen MR) is 108 cm³/mol. The van der Waals surface area contributed by atoms with Crippen molar-refractivity contribution in [3.05, 3.63) is 38.8 Å². The van der Waals surface area contributed by atoms with Gasteiger partial charge in [0.05, 0.1) is 21.8 Å². The summed E-state index contributed by atoms with van der Waals surface area (Å²) in [5.74, 6) is 0.115. The van der Waals surface area contributed by atoms with Crippen LogP contribution in [0.3, 0.4) is 0 Å². The lowest BCUT2D eigenvalue weighted by Gasteiger charge is -2.19. The SMILES string of the molecule is CSC1Cc2c(ccc(C(=O)C3=C(SCCO)CCCC3=O)c2Cl)S1. The molecule has 0 radical (unpaired) electrons. The third-order valence-corrected chi connectivity index (χ3v) is 8.50. The van der Waals surface area contributed by atoms with Crippen LogP contribution in [0.5, 0.6) is 0 Å². The lowest BCUT2D eigenvalue weighted by atomic mass is 9.91. The highest BCUT2D eigenvalue weighted by Crippen LogP contribution is 2.46. The zero-order valence-corrected chi connectivity index (χ0v) is 17.0. The Morgan fingerprint density at radius 2 is 2.20 bits per heavy atom. The molecule has 1 aliphatic carbocycles. The Hall–Kier alpha value is -0.400. The molecule has 2 aliphatic rings. The molecule has 1 heterocycles. The van der Waals surface area contributed by atoms with Crippen LogP contribution in [0.4, 0.5) is 0 Å². The first-order chi connectivity index (χ1) is 12.1. The van der Waals surface area contributed by atoms with Gasteiger partial charge in [-0.3, -0.25) is 9.59 Å². The van der Waals surface area contributed by atoms with Gasteiger partial charge >= 0.3 is 0 Å². The van der Waals surface area contributed by atoms with Crippen molar-refractivity contribution in [1.29, 1.82) is 0 Å². The maximum Gasteiger partial charge on any atom is 0.198 e. The summed E-state index contributed by atoms with van der Waals surface area (Å²) in [7, 11) is 0. The molecule has 0 aromatic heterocycles. The Bertz CT molecular complexity index is 745. The second kappa shape index (κ2) is 8.53. The quantitative estimate of drug-likeness (QED) is 0.542. The molecule has 3 rings (SSSR count). The summed E-state index contributed by atoms with van der Waals surface area (Å²) in [5.41, 5.74) is 1.72. The molecule has 3 nitrogen and oxygen atoms in total. The van der Waals surface area contributed by atoms with Gasteiger partial charge in [0.15, 0.2) is 11.6 Å². The Morgan fingerprint density at radius 1 is 1.40 bits per heavy atom. The van der Waals surface area contributed by atoms with Gasteiger partial charge in [-0.1, -0.05) is 11.6 Å². The average molecular weight is 415 g/mol. The first-order valence-electron chi connectivity index (χ1n) is 8.12. The summed E-state index contributed by atoms with van der Waals surface area (Å²) in [5, 5.41) is 9.55. The van der Waals surface area contributed by atoms with Crippen molar-refractivity contribution < 1.29 is 14.7 Å². The van der Waals surface area contributed by atoms with Gasteiger partial charge in [0, 0.05) is 22.6 Å². The molecule has 0 amide bonds. The number of Topliss-reactive ketones (excluding diaryl/α,β-unsaturated/α-hetero) is 2. The van der Waals surface area contributed by atoms with E-state index in [1.807, 2.05) is 6.07 Å². The molecule has 134 valence electrons. The van der Waals surface area contributed by atoms with Gasteiger partial charge < -0.3 is 5.11 Å². The molecule has 0 saturated heterocycles. The van der Waals surface area contributed by atoms with E-state index in [4.69, 9.17) is 16.7 Å². The van der Waals surface area contributed by atoms with Gasteiger partial charge in [0.2, 0.25) is 0 Å². The second-order valence-electron chi connectivity index (χ2n) is 5.87. The van der Waals surface area contributed by atoms with Crippen LogP contribution in [0, 0.1) is 0 Å². The van der Waals surface area contributed by atoms with E-state index in [0.29, 0.717) is 33.8 Å². The van der Waals surface area contributed by atoms with Gasteiger partial charge in [0.25, 0.3) is 0 Å². The van der Waals surface area contributed by atoms with Gasteiger partial charge in [0.1, 0.15) is 0 Å². The molecule has 1 N–H and O–H groups in total. The molecule has 1 aliphatic heterocycles. The number of carbonyl (C=O) groups excluding carboxylic acids is 2. The van der Waals surface area contributed by atoms with E-state index < -0.39 is 0 Å². The van der Waals surface area contributed by atoms with Crippen molar-refractivity contribution in [2.24, 2.45) is 0 Å². The number of aliphatic hydroxyl groups excluding tert-OH is 1. The first kappa shape index (κ1) is 19.4. The second-order valence-corrected chi connectivity index (χ2v) is 10.0. The summed E-state index contributed by atoms with van der Waals surface area (Å²) >= 11 is 11.5. The number of carbonyl (C=O) groups is 2. The van der Waals surface area contributed by atoms with Crippen LogP contribution in [0.25, 0.3) is 0 Å². The monoisotopic (exact) mass is 414 g/mol. The fourth-order valence-electron chi connectivity index (χ4n) is 3.08. The highest BCUT2D eigenvalue weighted by molar-refractivity contribution is 8.17. The van der Waals surface area contributed by atoms with Crippen LogP contribution >= 0.6 is 46.9 Å². The van der Waals surface area contributed by atoms with Crippen molar-refractivity contribution >= 4 is 58.5 Å². The maximum atomic E-state index is 13.1. The van der Waals surface area contributed by atoms with Gasteiger partial charge in [-0.2, -0.15) is 11.8 Å². The van der Waals surface area contributed by atoms with E-state index in [0.717, 1.165) is 28.2 Å². The number of halogens is 1. The number of allylic oxidation sites excluding steroid dienone is 2. The molecule has 1 unspecified atom stereocenters. The van der Waals surface area contributed by atoms with Crippen molar-refractivity contribution in [3.8, 4) is 0 Å². The summed E-state index contributed by atoms with van der Waals surface area (Å²) < 4.78 is 0.420. The van der Waals surface area contributed by atoms with Gasteiger partial charge in [-0.05, 0) is 48.1 Å². The molecular weight excluding hydrogens is 396 g/mol. The lowest BCUT2D eigenvalue weighted by Crippen LogP contribution is -2.19. The predicted octanol–water partition coefficient (Wildman–Crippen LogP) is 4.59. The van der Waals surface area contributed by atoms with Crippen LogP contribution in [0.2, 0.25) is 5.02 Å². The third kappa shape index (κ3) is 3.98. The zero-order valence-electron chi connectivity index (χ0n) is 13.8. The van der Waals surface area contributed by atoms with Crippen LogP contribution in [0.15, 0.2) is 27.5 Å².